The highest BCUT2D eigenvalue weighted by Crippen LogP contribution is 2.37. The number of esters is 2. The molecule has 3 aromatic carbocycles. The van der Waals surface area contributed by atoms with Gasteiger partial charge in [-0.15, -0.1) is 0 Å². The fourth-order valence-electron chi connectivity index (χ4n) is 4.14. The number of carbonyl (C=O) groups excluding carboxylic acids is 3. The SMILES string of the molecule is CCOC(=O)COC(=O)c1cc(Oc2ccc(C(F)(F)F)cc2Cl)ccc1[N+](=O)[O-].O=C(Nc1nc(OC(F)F)cc(OC(F)F)n1)NS(=O)(=O)c1ccccc1C(=O)O. The summed E-state index contributed by atoms with van der Waals surface area (Å²) < 4.78 is 136. The Hall–Kier alpha value is -7.03. The first-order valence-corrected chi connectivity index (χ1v) is 17.5. The normalized spacial score (nSPS) is 11.1. The summed E-state index contributed by atoms with van der Waals surface area (Å²) in [6.45, 7) is -5.99. The largest absolute Gasteiger partial charge is 0.478 e. The first-order chi connectivity index (χ1) is 28.0. The number of aromatic nitrogens is 2. The molecule has 4 rings (SSSR count). The van der Waals surface area contributed by atoms with Gasteiger partial charge < -0.3 is 28.8 Å². The number of carboxylic acid groups (broad SMARTS) is 1. The topological polar surface area (TPSA) is 262 Å². The van der Waals surface area contributed by atoms with Crippen LogP contribution in [0.2, 0.25) is 5.02 Å². The quantitative estimate of drug-likeness (QED) is 0.0487. The number of nitrogens with zero attached hydrogens (tertiary/aromatic N) is 3. The molecule has 3 N–H and O–H groups in total. The number of sulfonamides is 1. The smallest absolute Gasteiger partial charge is 0.416 e. The number of urea groups is 1. The molecule has 0 aliphatic heterocycles. The number of benzene rings is 3. The van der Waals surface area contributed by atoms with Crippen molar-refractivity contribution in [1.82, 2.24) is 14.7 Å². The minimum atomic E-state index is -4.71. The van der Waals surface area contributed by atoms with Crippen molar-refractivity contribution < 1.29 is 92.0 Å². The van der Waals surface area contributed by atoms with E-state index in [9.17, 15) is 68.4 Å². The van der Waals surface area contributed by atoms with E-state index in [-0.39, 0.29) is 23.1 Å². The average Bonchev–Trinajstić information content (AvgIpc) is 3.13. The Balaban J connectivity index is 0.000000320. The maximum Gasteiger partial charge on any atom is 0.416 e. The lowest BCUT2D eigenvalue weighted by Crippen LogP contribution is -2.35. The van der Waals surface area contributed by atoms with Gasteiger partial charge in [-0.2, -0.15) is 40.7 Å². The van der Waals surface area contributed by atoms with Gasteiger partial charge in [0.25, 0.3) is 15.7 Å². The number of halogens is 8. The average molecular weight is 902 g/mol. The Morgan fingerprint density at radius 3 is 2.05 bits per heavy atom. The summed E-state index contributed by atoms with van der Waals surface area (Å²) in [4.78, 5) is 62.6. The van der Waals surface area contributed by atoms with Gasteiger partial charge in [0.2, 0.25) is 17.7 Å². The third kappa shape index (κ3) is 14.1. The van der Waals surface area contributed by atoms with Crippen LogP contribution in [0.5, 0.6) is 23.3 Å². The summed E-state index contributed by atoms with van der Waals surface area (Å²) in [5.74, 6) is -6.81. The van der Waals surface area contributed by atoms with Gasteiger partial charge in [0.05, 0.1) is 33.7 Å². The van der Waals surface area contributed by atoms with E-state index in [1.54, 1.807) is 5.32 Å². The van der Waals surface area contributed by atoms with Crippen molar-refractivity contribution in [1.29, 1.82) is 0 Å². The zero-order chi connectivity index (χ0) is 44.9. The van der Waals surface area contributed by atoms with Crippen molar-refractivity contribution >= 4 is 57.2 Å². The number of alkyl halides is 7. The van der Waals surface area contributed by atoms with Crippen molar-refractivity contribution in [2.75, 3.05) is 18.5 Å². The van der Waals surface area contributed by atoms with Crippen LogP contribution in [0.4, 0.5) is 47.2 Å². The van der Waals surface area contributed by atoms with Crippen molar-refractivity contribution in [3.05, 3.63) is 98.6 Å². The summed E-state index contributed by atoms with van der Waals surface area (Å²) >= 11 is 5.81. The molecule has 0 atom stereocenters. The van der Waals surface area contributed by atoms with Crippen LogP contribution in [-0.4, -0.2) is 78.8 Å². The van der Waals surface area contributed by atoms with Gasteiger partial charge >= 0.3 is 43.3 Å². The van der Waals surface area contributed by atoms with E-state index >= 15 is 0 Å². The number of aromatic carboxylic acids is 1. The van der Waals surface area contributed by atoms with Crippen LogP contribution in [0.25, 0.3) is 0 Å². The summed E-state index contributed by atoms with van der Waals surface area (Å²) in [5, 5.41) is 21.5. The van der Waals surface area contributed by atoms with Crippen molar-refractivity contribution in [3.63, 3.8) is 0 Å². The summed E-state index contributed by atoms with van der Waals surface area (Å²) in [5.41, 5.74) is -2.81. The van der Waals surface area contributed by atoms with E-state index in [1.165, 1.54) is 23.8 Å². The number of nitrogens with one attached hydrogen (secondary N) is 2. The Kier molecular flexibility index (Phi) is 16.3. The highest BCUT2D eigenvalue weighted by atomic mass is 35.5. The van der Waals surface area contributed by atoms with Gasteiger partial charge in [-0.3, -0.25) is 15.4 Å². The van der Waals surface area contributed by atoms with Crippen LogP contribution in [0.15, 0.2) is 71.6 Å². The van der Waals surface area contributed by atoms with E-state index in [1.807, 2.05) is 0 Å². The van der Waals surface area contributed by atoms with Gasteiger partial charge in [-0.05, 0) is 43.3 Å². The number of anilines is 1. The van der Waals surface area contributed by atoms with Gasteiger partial charge in [-0.1, -0.05) is 23.7 Å². The number of ether oxygens (including phenoxy) is 5. The number of carbonyl (C=O) groups is 4. The van der Waals surface area contributed by atoms with Gasteiger partial charge in [0.1, 0.15) is 22.0 Å². The van der Waals surface area contributed by atoms with Crippen LogP contribution in [0.3, 0.4) is 0 Å². The Bertz CT molecular complexity index is 2330. The number of carboxylic acids is 1. The van der Waals surface area contributed by atoms with Crippen LogP contribution < -0.4 is 24.2 Å². The van der Waals surface area contributed by atoms with Gasteiger partial charge in [0, 0.05) is 12.1 Å². The number of nitro groups is 1. The third-order valence-electron chi connectivity index (χ3n) is 6.46. The first kappa shape index (κ1) is 47.3. The van der Waals surface area contributed by atoms with Crippen LogP contribution in [-0.2, 0) is 30.5 Å². The predicted octanol–water partition coefficient (Wildman–Crippen LogP) is 6.67. The second-order valence-electron chi connectivity index (χ2n) is 10.5. The minimum absolute atomic E-state index is 0.0493. The molecule has 0 bridgehead atoms. The van der Waals surface area contributed by atoms with Crippen LogP contribution in [0.1, 0.15) is 33.2 Å². The van der Waals surface area contributed by atoms with E-state index in [2.05, 4.69) is 24.2 Å². The molecule has 0 spiro atoms. The molecule has 0 aliphatic carbocycles. The third-order valence-corrected chi connectivity index (χ3v) is 8.14. The van der Waals surface area contributed by atoms with Crippen LogP contribution in [0, 0.1) is 10.1 Å². The zero-order valence-corrected chi connectivity index (χ0v) is 31.0. The molecule has 0 fully saturated rings. The Morgan fingerprint density at radius 2 is 1.52 bits per heavy atom. The molecule has 1 heterocycles. The fourth-order valence-corrected chi connectivity index (χ4v) is 5.46. The lowest BCUT2D eigenvalue weighted by atomic mass is 10.1. The van der Waals surface area contributed by atoms with E-state index < -0.39 is 110 Å². The lowest BCUT2D eigenvalue weighted by molar-refractivity contribution is -0.385. The number of hydrogen-bond acceptors (Lipinski definition) is 15. The molecule has 28 heteroatoms. The molecule has 1 aromatic heterocycles. The molecule has 60 heavy (non-hydrogen) atoms. The number of hydrogen-bond donors (Lipinski definition) is 3. The fraction of sp³-hybridized carbons (Fsp3) is 0.188. The number of amides is 2. The van der Waals surface area contributed by atoms with E-state index in [4.69, 9.17) is 26.2 Å². The molecule has 0 aliphatic rings. The minimum Gasteiger partial charge on any atom is -0.478 e. The van der Waals surface area contributed by atoms with Crippen molar-refractivity contribution in [3.8, 4) is 23.3 Å². The summed E-state index contributed by atoms with van der Waals surface area (Å²) in [6, 6.07) is 8.58. The van der Waals surface area contributed by atoms with Gasteiger partial charge in [-0.25, -0.2) is 32.3 Å². The highest BCUT2D eigenvalue weighted by Gasteiger charge is 2.31. The predicted molar refractivity (Wildman–Crippen MR) is 185 cm³/mol. The molecule has 2 amide bonds. The van der Waals surface area contributed by atoms with Gasteiger partial charge in [0.15, 0.2) is 6.61 Å². The molecule has 19 nitrogen and oxygen atoms in total. The summed E-state index contributed by atoms with van der Waals surface area (Å²) in [7, 11) is -4.71. The maximum atomic E-state index is 12.7. The number of nitro benzene ring substituents is 1. The molecule has 322 valence electrons. The Labute approximate surface area is 335 Å². The highest BCUT2D eigenvalue weighted by molar-refractivity contribution is 7.90. The monoisotopic (exact) mass is 901 g/mol. The van der Waals surface area contributed by atoms with Crippen molar-refractivity contribution in [2.24, 2.45) is 0 Å². The summed E-state index contributed by atoms with van der Waals surface area (Å²) in [6.07, 6.45) is -4.61. The molecule has 0 saturated heterocycles. The number of rotatable bonds is 15. The van der Waals surface area contributed by atoms with Crippen molar-refractivity contribution in [2.45, 2.75) is 31.2 Å². The molecular weight excluding hydrogens is 879 g/mol. The standard InChI is InChI=1S/C18H13ClF3NO7.C14H10F4N4O7S/c1-2-28-16(24)9-29-17(25)12-8-11(4-5-14(12)23(26)27)30-15-6-3-10(7-13(15)19)18(20,21)22;15-11(16)28-8-5-9(29-12(17)18)20-13(19-8)21-14(25)22-30(26,27)7-4-2-1-3-6(7)10(23)24/h3-8H,2,9H2,1H3;1-5,11-12H,(H,23,24)(H2,19,20,21,22,25). The molecule has 0 unspecified atom stereocenters. The Morgan fingerprint density at radius 1 is 0.900 bits per heavy atom. The molecular formula is C32H23ClF7N5O14S. The molecule has 0 saturated carbocycles. The zero-order valence-electron chi connectivity index (χ0n) is 29.4. The maximum absolute atomic E-state index is 12.7. The first-order valence-electron chi connectivity index (χ1n) is 15.6. The molecule has 0 radical (unpaired) electrons. The lowest BCUT2D eigenvalue weighted by Gasteiger charge is -2.12. The second kappa shape index (κ2) is 20.6. The van der Waals surface area contributed by atoms with E-state index in [0.717, 1.165) is 42.5 Å². The second-order valence-corrected chi connectivity index (χ2v) is 12.6. The van der Waals surface area contributed by atoms with E-state index in [0.29, 0.717) is 12.1 Å². The molecule has 4 aromatic rings. The van der Waals surface area contributed by atoms with Crippen LogP contribution >= 0.6 is 11.6 Å².